The van der Waals surface area contributed by atoms with Crippen LogP contribution in [0.15, 0.2) is 35.3 Å². The van der Waals surface area contributed by atoms with Crippen molar-refractivity contribution >= 4 is 17.0 Å². The molecular formula is C27H36N4O5. The van der Waals surface area contributed by atoms with Gasteiger partial charge in [-0.05, 0) is 57.9 Å². The van der Waals surface area contributed by atoms with Crippen molar-refractivity contribution in [3.05, 3.63) is 51.9 Å². The second kappa shape index (κ2) is 10.9. The first-order chi connectivity index (χ1) is 17.1. The van der Waals surface area contributed by atoms with Gasteiger partial charge in [0.2, 0.25) is 0 Å². The molecule has 9 nitrogen and oxygen atoms in total. The van der Waals surface area contributed by atoms with Gasteiger partial charge in [0.25, 0.3) is 5.56 Å². The van der Waals surface area contributed by atoms with Gasteiger partial charge in [0.1, 0.15) is 11.9 Å². The number of carbonyl (C=O) groups is 1. The van der Waals surface area contributed by atoms with Crippen LogP contribution < -0.4 is 10.9 Å². The number of esters is 1. The largest absolute Gasteiger partial charge is 0.462 e. The number of rotatable bonds is 9. The van der Waals surface area contributed by atoms with Crippen LogP contribution in [0.3, 0.4) is 0 Å². The van der Waals surface area contributed by atoms with Crippen LogP contribution in [0.5, 0.6) is 0 Å². The van der Waals surface area contributed by atoms with E-state index in [4.69, 9.17) is 14.5 Å². The fourth-order valence-electron chi connectivity index (χ4n) is 4.65. The zero-order chi connectivity index (χ0) is 26.0. The highest BCUT2D eigenvalue weighted by atomic mass is 16.5. The number of aromatic nitrogens is 3. The molecule has 2 N–H and O–H groups in total. The molecule has 1 fully saturated rings. The van der Waals surface area contributed by atoms with Gasteiger partial charge in [0, 0.05) is 50.0 Å². The minimum atomic E-state index is -0.896. The van der Waals surface area contributed by atoms with Crippen molar-refractivity contribution in [1.82, 2.24) is 19.4 Å². The predicted molar refractivity (Wildman–Crippen MR) is 138 cm³/mol. The predicted octanol–water partition coefficient (Wildman–Crippen LogP) is 2.54. The van der Waals surface area contributed by atoms with Gasteiger partial charge in [-0.25, -0.2) is 4.98 Å². The summed E-state index contributed by atoms with van der Waals surface area (Å²) in [5.41, 5.74) is 4.31. The maximum atomic E-state index is 12.4. The molecule has 3 aromatic rings. The van der Waals surface area contributed by atoms with Gasteiger partial charge < -0.3 is 23.7 Å². The number of hydrogen-bond donors (Lipinski definition) is 2. The zero-order valence-electron chi connectivity index (χ0n) is 21.7. The van der Waals surface area contributed by atoms with Crippen molar-refractivity contribution < 1.29 is 19.4 Å². The van der Waals surface area contributed by atoms with Gasteiger partial charge in [-0.1, -0.05) is 6.07 Å². The number of imidazole rings is 1. The Hall–Kier alpha value is -3.01. The summed E-state index contributed by atoms with van der Waals surface area (Å²) in [5.74, 6) is 0.713. The molecule has 0 bridgehead atoms. The number of nitrogens with zero attached hydrogens (tertiary/aromatic N) is 3. The Morgan fingerprint density at radius 1 is 1.31 bits per heavy atom. The maximum Gasteiger partial charge on any atom is 0.326 e. The first kappa shape index (κ1) is 26.1. The minimum absolute atomic E-state index is 0.0253. The fourth-order valence-corrected chi connectivity index (χ4v) is 4.65. The van der Waals surface area contributed by atoms with E-state index in [1.807, 2.05) is 31.3 Å². The molecule has 0 radical (unpaired) electrons. The Morgan fingerprint density at radius 2 is 2.08 bits per heavy atom. The van der Waals surface area contributed by atoms with Crippen LogP contribution in [0.25, 0.3) is 22.4 Å². The van der Waals surface area contributed by atoms with E-state index in [0.29, 0.717) is 24.6 Å². The first-order valence-corrected chi connectivity index (χ1v) is 12.5. The van der Waals surface area contributed by atoms with Gasteiger partial charge in [-0.15, -0.1) is 0 Å². The summed E-state index contributed by atoms with van der Waals surface area (Å²) in [6.07, 6.45) is 1.66. The molecule has 2 unspecified atom stereocenters. The minimum Gasteiger partial charge on any atom is -0.462 e. The Kier molecular flexibility index (Phi) is 7.92. The zero-order valence-corrected chi connectivity index (χ0v) is 21.7. The molecule has 4 rings (SSSR count). The van der Waals surface area contributed by atoms with Gasteiger partial charge in [-0.2, -0.15) is 0 Å². The van der Waals surface area contributed by atoms with Gasteiger partial charge in [-0.3, -0.25) is 14.9 Å². The molecule has 194 valence electrons. The average Bonchev–Trinajstić information content (AvgIpc) is 3.45. The van der Waals surface area contributed by atoms with Crippen molar-refractivity contribution in [3.63, 3.8) is 0 Å². The number of aryl methyl sites for hydroxylation is 2. The van der Waals surface area contributed by atoms with E-state index in [9.17, 15) is 14.7 Å². The normalized spacial score (nSPS) is 17.6. The molecule has 1 aliphatic rings. The highest BCUT2D eigenvalue weighted by Crippen LogP contribution is 2.28. The van der Waals surface area contributed by atoms with Gasteiger partial charge >= 0.3 is 5.97 Å². The third kappa shape index (κ3) is 5.69. The molecule has 1 saturated heterocycles. The highest BCUT2D eigenvalue weighted by Gasteiger charge is 2.26. The second-order valence-electron chi connectivity index (χ2n) is 10.0. The molecule has 9 heteroatoms. The number of aliphatic hydroxyl groups is 1. The Balaban J connectivity index is 1.69. The summed E-state index contributed by atoms with van der Waals surface area (Å²) in [4.78, 5) is 29.6. The standard InChI is InChI=1S/C27H36N4O5/c1-16(2)36-27(34)24(18(4)32)28-12-19-6-7-22-23(11-19)31(13-20-8-9-35-15-20)25(29-22)21-10-17(3)26(33)30(5)14-21/h6-7,10-11,14,16,18,20,24,28,32H,8-9,12-13,15H2,1-5H3/t18?,20-,24?/m0/s1. The number of ether oxygens (including phenoxy) is 2. The lowest BCUT2D eigenvalue weighted by Crippen LogP contribution is -2.46. The third-order valence-corrected chi connectivity index (χ3v) is 6.51. The summed E-state index contributed by atoms with van der Waals surface area (Å²) < 4.78 is 14.7. The van der Waals surface area contributed by atoms with E-state index < -0.39 is 18.1 Å². The van der Waals surface area contributed by atoms with Crippen LogP contribution in [-0.2, 0) is 34.4 Å². The smallest absolute Gasteiger partial charge is 0.326 e. The lowest BCUT2D eigenvalue weighted by atomic mass is 10.1. The van der Waals surface area contributed by atoms with E-state index in [0.717, 1.165) is 47.6 Å². The van der Waals surface area contributed by atoms with Crippen LogP contribution in [0.1, 0.15) is 38.3 Å². The Bertz CT molecular complexity index is 1260. The summed E-state index contributed by atoms with van der Waals surface area (Å²) in [5, 5.41) is 13.3. The maximum absolute atomic E-state index is 12.4. The van der Waals surface area contributed by atoms with E-state index >= 15 is 0 Å². The second-order valence-corrected chi connectivity index (χ2v) is 10.0. The number of fused-ring (bicyclic) bond motifs is 1. The van der Waals surface area contributed by atoms with Crippen LogP contribution >= 0.6 is 0 Å². The van der Waals surface area contributed by atoms with E-state index in [1.54, 1.807) is 32.4 Å². The van der Waals surface area contributed by atoms with Crippen molar-refractivity contribution in [2.75, 3.05) is 13.2 Å². The quantitative estimate of drug-likeness (QED) is 0.439. The van der Waals surface area contributed by atoms with Crippen molar-refractivity contribution in [2.24, 2.45) is 13.0 Å². The number of nitrogens with one attached hydrogen (secondary N) is 1. The Morgan fingerprint density at radius 3 is 2.72 bits per heavy atom. The molecule has 1 aromatic carbocycles. The highest BCUT2D eigenvalue weighted by molar-refractivity contribution is 5.81. The summed E-state index contributed by atoms with van der Waals surface area (Å²) in [7, 11) is 1.75. The van der Waals surface area contributed by atoms with E-state index in [-0.39, 0.29) is 11.7 Å². The molecule has 2 aromatic heterocycles. The van der Waals surface area contributed by atoms with Crippen molar-refractivity contribution in [3.8, 4) is 11.4 Å². The number of aliphatic hydroxyl groups excluding tert-OH is 1. The number of pyridine rings is 1. The average molecular weight is 497 g/mol. The molecule has 1 aliphatic heterocycles. The van der Waals surface area contributed by atoms with Crippen molar-refractivity contribution in [2.45, 2.75) is 65.5 Å². The molecule has 3 atom stereocenters. The molecule has 36 heavy (non-hydrogen) atoms. The van der Waals surface area contributed by atoms with Crippen LogP contribution in [0.2, 0.25) is 0 Å². The summed E-state index contributed by atoms with van der Waals surface area (Å²) >= 11 is 0. The molecule has 0 saturated carbocycles. The first-order valence-electron chi connectivity index (χ1n) is 12.5. The van der Waals surface area contributed by atoms with Crippen LogP contribution in [0.4, 0.5) is 0 Å². The summed E-state index contributed by atoms with van der Waals surface area (Å²) in [6, 6.07) is 7.06. The lowest BCUT2D eigenvalue weighted by molar-refractivity contribution is -0.152. The molecule has 0 amide bonds. The monoisotopic (exact) mass is 496 g/mol. The molecule has 0 aliphatic carbocycles. The van der Waals surface area contributed by atoms with Crippen molar-refractivity contribution in [1.29, 1.82) is 0 Å². The SMILES string of the molecule is Cc1cc(-c2nc3ccc(CNC(C(=O)OC(C)C)C(C)O)cc3n2C[C@@H]2CCOC2)cn(C)c1=O. The number of benzene rings is 1. The van der Waals surface area contributed by atoms with E-state index in [1.165, 1.54) is 0 Å². The fraction of sp³-hybridized carbons (Fsp3) is 0.519. The topological polar surface area (TPSA) is 108 Å². The third-order valence-electron chi connectivity index (χ3n) is 6.51. The Labute approximate surface area is 211 Å². The van der Waals surface area contributed by atoms with E-state index in [2.05, 4.69) is 16.0 Å². The summed E-state index contributed by atoms with van der Waals surface area (Å²) in [6.45, 7) is 9.55. The number of hydrogen-bond acceptors (Lipinski definition) is 7. The molecular weight excluding hydrogens is 460 g/mol. The molecule has 0 spiro atoms. The number of carbonyl (C=O) groups excluding carboxylic acids is 1. The molecule has 3 heterocycles. The lowest BCUT2D eigenvalue weighted by Gasteiger charge is -2.21. The van der Waals surface area contributed by atoms with Gasteiger partial charge in [0.15, 0.2) is 0 Å². The van der Waals surface area contributed by atoms with Crippen LogP contribution in [-0.4, -0.2) is 56.7 Å². The van der Waals surface area contributed by atoms with Crippen LogP contribution in [0, 0.1) is 12.8 Å². The van der Waals surface area contributed by atoms with Gasteiger partial charge in [0.05, 0.1) is 29.8 Å².